The average Bonchev–Trinajstić information content (AvgIpc) is 2.97. The van der Waals surface area contributed by atoms with Crippen molar-refractivity contribution in [1.82, 2.24) is 14.6 Å². The van der Waals surface area contributed by atoms with Crippen LogP contribution in [0.5, 0.6) is 0 Å². The lowest BCUT2D eigenvalue weighted by Gasteiger charge is -2.29. The highest BCUT2D eigenvalue weighted by Gasteiger charge is 2.19. The minimum absolute atomic E-state index is 0. The summed E-state index contributed by atoms with van der Waals surface area (Å²) in [6.07, 6.45) is 5.79. The van der Waals surface area contributed by atoms with Gasteiger partial charge in [0, 0.05) is 43.4 Å². The van der Waals surface area contributed by atoms with Crippen LogP contribution in [-0.4, -0.2) is 31.1 Å². The highest BCUT2D eigenvalue weighted by Crippen LogP contribution is 2.23. The molecule has 1 aliphatic heterocycles. The van der Waals surface area contributed by atoms with Crippen molar-refractivity contribution in [1.29, 1.82) is 0 Å². The van der Waals surface area contributed by atoms with Gasteiger partial charge >= 0.3 is 0 Å². The van der Waals surface area contributed by atoms with Gasteiger partial charge in [0.25, 0.3) is 0 Å². The third-order valence-electron chi connectivity index (χ3n) is 3.79. The van der Waals surface area contributed by atoms with Crippen LogP contribution in [0.25, 0.3) is 0 Å². The summed E-state index contributed by atoms with van der Waals surface area (Å²) in [5.41, 5.74) is 3.43. The molecule has 3 rings (SSSR count). The van der Waals surface area contributed by atoms with Crippen molar-refractivity contribution in [2.45, 2.75) is 26.1 Å². The van der Waals surface area contributed by atoms with Crippen molar-refractivity contribution in [2.75, 3.05) is 12.8 Å². The van der Waals surface area contributed by atoms with E-state index in [9.17, 15) is 8.42 Å². The van der Waals surface area contributed by atoms with Crippen molar-refractivity contribution in [2.24, 2.45) is 0 Å². The molecule has 1 N–H and O–H groups in total. The van der Waals surface area contributed by atoms with E-state index in [1.165, 1.54) is 22.3 Å². The van der Waals surface area contributed by atoms with E-state index in [2.05, 4.69) is 32.1 Å². The summed E-state index contributed by atoms with van der Waals surface area (Å²) in [5, 5.41) is 2.10. The second-order valence-electron chi connectivity index (χ2n) is 5.57. The molecular weight excluding hydrogens is 389 g/mol. The summed E-state index contributed by atoms with van der Waals surface area (Å²) in [6.45, 7) is 3.14. The maximum absolute atomic E-state index is 11.3. The van der Waals surface area contributed by atoms with Crippen LogP contribution >= 0.6 is 36.2 Å². The van der Waals surface area contributed by atoms with E-state index in [-0.39, 0.29) is 24.8 Å². The fourth-order valence-electron chi connectivity index (χ4n) is 2.75. The number of nitrogens with zero attached hydrogens (tertiary/aromatic N) is 2. The second-order valence-corrected chi connectivity index (χ2v) is 8.43. The third kappa shape index (κ3) is 5.68. The first kappa shape index (κ1) is 21.3. The largest absolute Gasteiger partial charge is 0.294 e. The number of rotatable bonds is 5. The zero-order valence-corrected chi connectivity index (χ0v) is 16.5. The van der Waals surface area contributed by atoms with Crippen molar-refractivity contribution >= 4 is 46.2 Å². The van der Waals surface area contributed by atoms with Crippen LogP contribution < -0.4 is 4.72 Å². The summed E-state index contributed by atoms with van der Waals surface area (Å²) in [4.78, 5) is 8.04. The Kier molecular flexibility index (Phi) is 8.11. The van der Waals surface area contributed by atoms with Gasteiger partial charge in [-0.2, -0.15) is 0 Å². The van der Waals surface area contributed by atoms with E-state index in [0.717, 1.165) is 31.6 Å². The first-order chi connectivity index (χ1) is 10.5. The maximum Gasteiger partial charge on any atom is 0.209 e. The number of thiophene rings is 1. The standard InChI is InChI=1S/C15H19N3O2S2.2ClH/c1-22(19,20)17-9-12-7-16-8-13-10-18(5-4-15(12)13)11-14-3-2-6-21-14;;/h2-3,6-8,17H,4-5,9-11H2,1H3;2*1H. The molecule has 24 heavy (non-hydrogen) atoms. The number of halogens is 2. The fourth-order valence-corrected chi connectivity index (χ4v) is 3.91. The van der Waals surface area contributed by atoms with E-state index in [1.807, 2.05) is 6.20 Å². The minimum atomic E-state index is -3.18. The predicted octanol–water partition coefficient (Wildman–Crippen LogP) is 2.59. The van der Waals surface area contributed by atoms with Gasteiger partial charge in [0.05, 0.1) is 6.26 Å². The topological polar surface area (TPSA) is 62.3 Å². The van der Waals surface area contributed by atoms with Crippen molar-refractivity contribution < 1.29 is 8.42 Å². The van der Waals surface area contributed by atoms with E-state index >= 15 is 0 Å². The van der Waals surface area contributed by atoms with E-state index < -0.39 is 10.0 Å². The summed E-state index contributed by atoms with van der Waals surface area (Å²) in [5.74, 6) is 0. The molecular formula is C15H21Cl2N3O2S2. The number of pyridine rings is 1. The summed E-state index contributed by atoms with van der Waals surface area (Å²) < 4.78 is 25.1. The number of hydrogen-bond donors (Lipinski definition) is 1. The Labute approximate surface area is 159 Å². The van der Waals surface area contributed by atoms with Gasteiger partial charge in [-0.1, -0.05) is 6.07 Å². The molecule has 2 aromatic heterocycles. The number of nitrogens with one attached hydrogen (secondary N) is 1. The third-order valence-corrected chi connectivity index (χ3v) is 5.32. The summed E-state index contributed by atoms with van der Waals surface area (Å²) >= 11 is 1.78. The van der Waals surface area contributed by atoms with Crippen molar-refractivity contribution in [3.63, 3.8) is 0 Å². The molecule has 0 saturated heterocycles. The Balaban J connectivity index is 0.00000144. The summed E-state index contributed by atoms with van der Waals surface area (Å²) in [7, 11) is -3.18. The molecule has 0 unspecified atom stereocenters. The minimum Gasteiger partial charge on any atom is -0.294 e. The van der Waals surface area contributed by atoms with Gasteiger partial charge in [-0.15, -0.1) is 36.2 Å². The zero-order valence-electron chi connectivity index (χ0n) is 13.3. The Morgan fingerprint density at radius 2 is 2.12 bits per heavy atom. The first-order valence-electron chi connectivity index (χ1n) is 7.15. The number of aromatic nitrogens is 1. The molecule has 0 atom stereocenters. The molecule has 0 aromatic carbocycles. The van der Waals surface area contributed by atoms with Crippen LogP contribution in [0.15, 0.2) is 29.9 Å². The van der Waals surface area contributed by atoms with Gasteiger partial charge in [-0.25, -0.2) is 13.1 Å². The van der Waals surface area contributed by atoms with Crippen LogP contribution in [-0.2, 0) is 36.1 Å². The molecule has 0 aliphatic carbocycles. The Morgan fingerprint density at radius 3 is 2.79 bits per heavy atom. The summed E-state index contributed by atoms with van der Waals surface area (Å²) in [6, 6.07) is 4.24. The van der Waals surface area contributed by atoms with E-state index in [4.69, 9.17) is 0 Å². The monoisotopic (exact) mass is 409 g/mol. The molecule has 2 aromatic rings. The van der Waals surface area contributed by atoms with Gasteiger partial charge in [-0.3, -0.25) is 9.88 Å². The zero-order chi connectivity index (χ0) is 15.6. The van der Waals surface area contributed by atoms with Gasteiger partial charge in [-0.05, 0) is 34.6 Å². The molecule has 0 radical (unpaired) electrons. The van der Waals surface area contributed by atoms with Crippen LogP contribution in [0.1, 0.15) is 21.6 Å². The SMILES string of the molecule is CS(=O)(=O)NCc1cncc2c1CCN(Cc1cccs1)C2.Cl.Cl. The maximum atomic E-state index is 11.3. The lowest BCUT2D eigenvalue weighted by atomic mass is 9.97. The average molecular weight is 410 g/mol. The van der Waals surface area contributed by atoms with Gasteiger partial charge in [0.1, 0.15) is 0 Å². The van der Waals surface area contributed by atoms with Crippen molar-refractivity contribution in [3.8, 4) is 0 Å². The van der Waals surface area contributed by atoms with Crippen LogP contribution in [0, 0.1) is 0 Å². The molecule has 0 fully saturated rings. The van der Waals surface area contributed by atoms with E-state index in [0.29, 0.717) is 6.54 Å². The normalized spacial score (nSPS) is 14.4. The molecule has 3 heterocycles. The van der Waals surface area contributed by atoms with Gasteiger partial charge in [0.2, 0.25) is 10.0 Å². The number of fused-ring (bicyclic) bond motifs is 1. The highest BCUT2D eigenvalue weighted by atomic mass is 35.5. The highest BCUT2D eigenvalue weighted by molar-refractivity contribution is 7.88. The first-order valence-corrected chi connectivity index (χ1v) is 9.92. The smallest absolute Gasteiger partial charge is 0.209 e. The lowest BCUT2D eigenvalue weighted by molar-refractivity contribution is 0.246. The Hall–Kier alpha value is -0.700. The lowest BCUT2D eigenvalue weighted by Crippen LogP contribution is -2.31. The molecule has 9 heteroatoms. The van der Waals surface area contributed by atoms with Crippen molar-refractivity contribution in [3.05, 3.63) is 51.5 Å². The Morgan fingerprint density at radius 1 is 1.33 bits per heavy atom. The number of hydrogen-bond acceptors (Lipinski definition) is 5. The quantitative estimate of drug-likeness (QED) is 0.823. The molecule has 0 bridgehead atoms. The molecule has 1 aliphatic rings. The van der Waals surface area contributed by atoms with Crippen LogP contribution in [0.4, 0.5) is 0 Å². The molecule has 5 nitrogen and oxygen atoms in total. The molecule has 0 spiro atoms. The second kappa shape index (κ2) is 9.12. The van der Waals surface area contributed by atoms with Crippen LogP contribution in [0.2, 0.25) is 0 Å². The molecule has 0 amide bonds. The molecule has 0 saturated carbocycles. The fraction of sp³-hybridized carbons (Fsp3) is 0.400. The van der Waals surface area contributed by atoms with Gasteiger partial charge < -0.3 is 0 Å². The molecule has 134 valence electrons. The van der Waals surface area contributed by atoms with Gasteiger partial charge in [0.15, 0.2) is 0 Å². The van der Waals surface area contributed by atoms with E-state index in [1.54, 1.807) is 17.5 Å². The Bertz CT molecular complexity index is 752. The van der Waals surface area contributed by atoms with Crippen LogP contribution in [0.3, 0.4) is 0 Å². The number of sulfonamides is 1. The predicted molar refractivity (Wildman–Crippen MR) is 103 cm³/mol.